The van der Waals surface area contributed by atoms with Crippen LogP contribution in [0.25, 0.3) is 11.3 Å². The fourth-order valence-corrected chi connectivity index (χ4v) is 3.80. The Morgan fingerprint density at radius 1 is 1.24 bits per heavy atom. The van der Waals surface area contributed by atoms with Crippen molar-refractivity contribution in [1.29, 1.82) is 0 Å². The summed E-state index contributed by atoms with van der Waals surface area (Å²) in [5, 5.41) is 1.59. The second kappa shape index (κ2) is 6.96. The molecule has 2 N–H and O–H groups in total. The third-order valence-electron chi connectivity index (χ3n) is 4.71. The molecule has 3 heterocycles. The van der Waals surface area contributed by atoms with Crippen molar-refractivity contribution >= 4 is 23.2 Å². The number of rotatable bonds is 4. The van der Waals surface area contributed by atoms with Crippen LogP contribution in [-0.4, -0.2) is 33.8 Å². The molecular formula is C19H14F3N5OS. The monoisotopic (exact) mass is 417 g/mol. The number of amides is 1. The second-order valence-corrected chi connectivity index (χ2v) is 7.10. The number of nitrogens with two attached hydrogens (primary N) is 1. The van der Waals surface area contributed by atoms with Crippen LogP contribution in [-0.2, 0) is 17.0 Å². The Hall–Kier alpha value is -3.27. The number of alkyl halides is 1. The summed E-state index contributed by atoms with van der Waals surface area (Å²) in [5.41, 5.74) is 5.41. The summed E-state index contributed by atoms with van der Waals surface area (Å²) in [7, 11) is 1.38. The van der Waals surface area contributed by atoms with E-state index < -0.39 is 29.8 Å². The number of halogens is 3. The van der Waals surface area contributed by atoms with Crippen LogP contribution >= 0.6 is 11.3 Å². The zero-order valence-corrected chi connectivity index (χ0v) is 15.9. The maximum absolute atomic E-state index is 15.0. The van der Waals surface area contributed by atoms with Crippen LogP contribution in [0.3, 0.4) is 0 Å². The number of hydrogen-bond acceptors (Lipinski definition) is 6. The topological polar surface area (TPSA) is 84.5 Å². The van der Waals surface area contributed by atoms with Gasteiger partial charge in [0.15, 0.2) is 5.96 Å². The highest BCUT2D eigenvalue weighted by Crippen LogP contribution is 2.41. The van der Waals surface area contributed by atoms with Gasteiger partial charge in [-0.3, -0.25) is 14.7 Å². The van der Waals surface area contributed by atoms with Crippen LogP contribution in [0.4, 0.5) is 13.2 Å². The van der Waals surface area contributed by atoms with E-state index in [1.165, 1.54) is 48.2 Å². The first-order valence-electron chi connectivity index (χ1n) is 8.42. The van der Waals surface area contributed by atoms with Crippen LogP contribution in [0.2, 0.25) is 0 Å². The van der Waals surface area contributed by atoms with Gasteiger partial charge in [0.25, 0.3) is 5.91 Å². The van der Waals surface area contributed by atoms with Gasteiger partial charge in [0.05, 0.1) is 22.6 Å². The van der Waals surface area contributed by atoms with Gasteiger partial charge >= 0.3 is 0 Å². The summed E-state index contributed by atoms with van der Waals surface area (Å²) in [5.74, 6) is -2.70. The average molecular weight is 417 g/mol. The summed E-state index contributed by atoms with van der Waals surface area (Å²) < 4.78 is 42.7. The van der Waals surface area contributed by atoms with E-state index in [1.807, 2.05) is 0 Å². The Balaban J connectivity index is 2.04. The van der Waals surface area contributed by atoms with E-state index in [4.69, 9.17) is 5.73 Å². The Kier molecular flexibility index (Phi) is 4.58. The number of carbonyl (C=O) groups is 1. The summed E-state index contributed by atoms with van der Waals surface area (Å²) in [6.45, 7) is -0.886. The van der Waals surface area contributed by atoms with Crippen molar-refractivity contribution in [3.63, 3.8) is 0 Å². The predicted octanol–water partition coefficient (Wildman–Crippen LogP) is 2.98. The minimum absolute atomic E-state index is 0.000189. The second-order valence-electron chi connectivity index (χ2n) is 6.38. The van der Waals surface area contributed by atoms with Crippen molar-refractivity contribution in [2.45, 2.75) is 12.2 Å². The van der Waals surface area contributed by atoms with Crippen molar-refractivity contribution < 1.29 is 18.0 Å². The first-order valence-corrected chi connectivity index (χ1v) is 9.36. The number of carbonyl (C=O) groups excluding carboxylic acids is 1. The number of aromatic nitrogens is 2. The van der Waals surface area contributed by atoms with Crippen molar-refractivity contribution in [1.82, 2.24) is 14.9 Å². The normalized spacial score (nSPS) is 19.0. The fourth-order valence-electron chi connectivity index (χ4n) is 3.25. The fraction of sp³-hybridized carbons (Fsp3) is 0.158. The minimum Gasteiger partial charge on any atom is -0.369 e. The Morgan fingerprint density at radius 3 is 2.66 bits per heavy atom. The number of benzene rings is 1. The molecule has 0 fully saturated rings. The average Bonchev–Trinajstić information content (AvgIpc) is 3.32. The van der Waals surface area contributed by atoms with E-state index in [2.05, 4.69) is 15.0 Å². The van der Waals surface area contributed by atoms with Gasteiger partial charge in [-0.2, -0.15) is 0 Å². The molecule has 10 heteroatoms. The Labute approximate surface area is 167 Å². The van der Waals surface area contributed by atoms with Crippen LogP contribution in [0, 0.1) is 11.6 Å². The number of pyridine rings is 1. The van der Waals surface area contributed by atoms with Crippen LogP contribution in [0.15, 0.2) is 46.2 Å². The number of likely N-dealkylation sites (N-methyl/N-ethyl adjacent to an activating group) is 1. The van der Waals surface area contributed by atoms with E-state index in [0.717, 1.165) is 4.90 Å². The van der Waals surface area contributed by atoms with E-state index in [-0.39, 0.29) is 34.2 Å². The highest BCUT2D eigenvalue weighted by Gasteiger charge is 2.52. The lowest BCUT2D eigenvalue weighted by Gasteiger charge is -2.26. The molecule has 1 unspecified atom stereocenters. The zero-order valence-electron chi connectivity index (χ0n) is 15.1. The van der Waals surface area contributed by atoms with Gasteiger partial charge in [0, 0.05) is 29.6 Å². The van der Waals surface area contributed by atoms with Gasteiger partial charge in [-0.1, -0.05) is 6.07 Å². The molecule has 1 aromatic carbocycles. The van der Waals surface area contributed by atoms with Gasteiger partial charge in [-0.15, -0.1) is 11.3 Å². The van der Waals surface area contributed by atoms with Gasteiger partial charge in [-0.25, -0.2) is 23.1 Å². The lowest BCUT2D eigenvalue weighted by Crippen LogP contribution is -2.42. The summed E-state index contributed by atoms with van der Waals surface area (Å²) in [6, 6.07) is 6.19. The molecular weight excluding hydrogens is 403 g/mol. The molecule has 3 aromatic rings. The van der Waals surface area contributed by atoms with E-state index >= 15 is 4.39 Å². The summed E-state index contributed by atoms with van der Waals surface area (Å²) >= 11 is 1.24. The third-order valence-corrected chi connectivity index (χ3v) is 5.30. The smallest absolute Gasteiger partial charge is 0.268 e. The third kappa shape index (κ3) is 2.87. The molecule has 0 saturated carbocycles. The molecule has 0 aliphatic carbocycles. The van der Waals surface area contributed by atoms with Crippen LogP contribution < -0.4 is 5.73 Å². The first kappa shape index (κ1) is 19.1. The predicted molar refractivity (Wildman–Crippen MR) is 102 cm³/mol. The van der Waals surface area contributed by atoms with E-state index in [1.54, 1.807) is 5.38 Å². The number of hydrogen-bond donors (Lipinski definition) is 1. The summed E-state index contributed by atoms with van der Waals surface area (Å²) in [4.78, 5) is 26.7. The molecule has 0 spiro atoms. The molecule has 4 rings (SSSR count). The highest BCUT2D eigenvalue weighted by molar-refractivity contribution is 7.07. The molecule has 1 aliphatic rings. The lowest BCUT2D eigenvalue weighted by molar-refractivity contribution is -0.129. The molecule has 0 saturated heterocycles. The SMILES string of the molecule is CN1C(=O)C(c2cccc(CF)n2)(c2cc(-c3cscn3)c(F)cc2F)N=C1N. The largest absolute Gasteiger partial charge is 0.369 e. The molecule has 2 aromatic heterocycles. The molecule has 0 bridgehead atoms. The number of aliphatic imine (C=N–C) groups is 1. The number of guanidine groups is 1. The lowest BCUT2D eigenvalue weighted by atomic mass is 9.84. The Morgan fingerprint density at radius 2 is 2.03 bits per heavy atom. The van der Waals surface area contributed by atoms with Gasteiger partial charge in [-0.05, 0) is 18.2 Å². The minimum atomic E-state index is -2.01. The quantitative estimate of drug-likeness (QED) is 0.707. The van der Waals surface area contributed by atoms with Crippen molar-refractivity contribution in [3.05, 3.63) is 69.8 Å². The van der Waals surface area contributed by atoms with Crippen molar-refractivity contribution in [3.8, 4) is 11.3 Å². The number of nitrogens with zero attached hydrogens (tertiary/aromatic N) is 4. The molecule has 1 amide bonds. The molecule has 6 nitrogen and oxygen atoms in total. The summed E-state index contributed by atoms with van der Waals surface area (Å²) in [6.07, 6.45) is 0. The molecule has 29 heavy (non-hydrogen) atoms. The molecule has 1 aliphatic heterocycles. The first-order chi connectivity index (χ1) is 13.9. The van der Waals surface area contributed by atoms with Crippen molar-refractivity contribution in [2.24, 2.45) is 10.7 Å². The van der Waals surface area contributed by atoms with Gasteiger partial charge < -0.3 is 5.73 Å². The van der Waals surface area contributed by atoms with Crippen LogP contribution in [0.5, 0.6) is 0 Å². The van der Waals surface area contributed by atoms with Gasteiger partial charge in [0.1, 0.15) is 18.3 Å². The highest BCUT2D eigenvalue weighted by atomic mass is 32.1. The maximum Gasteiger partial charge on any atom is 0.268 e. The van der Waals surface area contributed by atoms with Crippen molar-refractivity contribution in [2.75, 3.05) is 7.05 Å². The van der Waals surface area contributed by atoms with Crippen LogP contribution in [0.1, 0.15) is 17.0 Å². The van der Waals surface area contributed by atoms with Gasteiger partial charge in [0.2, 0.25) is 5.54 Å². The molecule has 0 radical (unpaired) electrons. The van der Waals surface area contributed by atoms with E-state index in [0.29, 0.717) is 6.07 Å². The van der Waals surface area contributed by atoms with E-state index in [9.17, 15) is 13.6 Å². The Bertz CT molecular complexity index is 1130. The molecule has 1 atom stereocenters. The maximum atomic E-state index is 15.0. The zero-order chi connectivity index (χ0) is 20.8. The number of thiazole rings is 1. The molecule has 148 valence electrons. The standard InChI is InChI=1S/C19H14F3N5OS/c1-27-17(28)19(26-18(27)23,16-4-2-3-10(7-20)25-16)12-5-11(13(21)6-14(12)22)15-8-29-9-24-15/h2-6,8-9H,7H2,1H3,(H2,23,26).